The zero-order chi connectivity index (χ0) is 33.3. The number of carbonyl (C=O) groups is 2. The lowest BCUT2D eigenvalue weighted by atomic mass is 9.89. The molecule has 0 amide bonds. The number of hydrogen-bond donors (Lipinski definition) is 2. The zero-order valence-corrected chi connectivity index (χ0v) is 25.9. The first kappa shape index (κ1) is 31.2. The predicted molar refractivity (Wildman–Crippen MR) is 169 cm³/mol. The van der Waals surface area contributed by atoms with Gasteiger partial charge in [-0.05, 0) is 82.0 Å². The van der Waals surface area contributed by atoms with Crippen molar-refractivity contribution in [2.45, 2.75) is 51.2 Å². The van der Waals surface area contributed by atoms with Crippen molar-refractivity contribution < 1.29 is 24.5 Å². The molecule has 0 spiro atoms. The van der Waals surface area contributed by atoms with E-state index in [1.54, 1.807) is 38.1 Å². The summed E-state index contributed by atoms with van der Waals surface area (Å²) < 4.78 is 6.44. The van der Waals surface area contributed by atoms with E-state index in [1.165, 1.54) is 0 Å². The molecular weight excluding hydrogens is 600 g/mol. The molecule has 0 radical (unpaired) electrons. The molecule has 0 aromatic heterocycles. The van der Waals surface area contributed by atoms with Gasteiger partial charge in [-0.15, -0.1) is 20.5 Å². The molecule has 6 rings (SSSR count). The van der Waals surface area contributed by atoms with Gasteiger partial charge in [0.2, 0.25) is 0 Å². The van der Waals surface area contributed by atoms with E-state index in [1.807, 2.05) is 74.5 Å². The van der Waals surface area contributed by atoms with Crippen molar-refractivity contribution in [3.05, 3.63) is 118 Å². The molecule has 2 N–H and O–H groups in total. The number of carboxylic acids is 2. The van der Waals surface area contributed by atoms with Crippen molar-refractivity contribution in [2.75, 3.05) is 0 Å². The summed E-state index contributed by atoms with van der Waals surface area (Å²) in [5, 5.41) is 51.1. The van der Waals surface area contributed by atoms with Crippen LogP contribution in [0.5, 0.6) is 0 Å². The number of ether oxygens (including phenoxy) is 1. The highest BCUT2D eigenvalue weighted by atomic mass is 16.6. The van der Waals surface area contributed by atoms with Crippen molar-refractivity contribution in [2.24, 2.45) is 41.4 Å². The van der Waals surface area contributed by atoms with Crippen LogP contribution in [0.3, 0.4) is 0 Å². The Morgan fingerprint density at radius 2 is 0.915 bits per heavy atom. The Labute approximate surface area is 269 Å². The third-order valence-corrected chi connectivity index (χ3v) is 8.32. The summed E-state index contributed by atoms with van der Waals surface area (Å²) in [5.74, 6) is -6.80. The van der Waals surface area contributed by atoms with Gasteiger partial charge in [0.1, 0.15) is 0 Å². The van der Waals surface area contributed by atoms with Gasteiger partial charge in [0.05, 0.1) is 11.8 Å². The van der Waals surface area contributed by atoms with E-state index in [0.29, 0.717) is 22.3 Å². The number of carboxylic acid groups (broad SMARTS) is 2. The van der Waals surface area contributed by atoms with Gasteiger partial charge in [-0.3, -0.25) is 14.3 Å². The first-order valence-corrected chi connectivity index (χ1v) is 14.8. The fourth-order valence-electron chi connectivity index (χ4n) is 5.59. The summed E-state index contributed by atoms with van der Waals surface area (Å²) >= 11 is 0. The van der Waals surface area contributed by atoms with Crippen LogP contribution in [0.2, 0.25) is 0 Å². The molecule has 4 aromatic carbocycles. The van der Waals surface area contributed by atoms with E-state index in [4.69, 9.17) is 4.74 Å². The van der Waals surface area contributed by atoms with Crippen LogP contribution in [0.15, 0.2) is 126 Å². The summed E-state index contributed by atoms with van der Waals surface area (Å²) in [7, 11) is 0. The van der Waals surface area contributed by atoms with E-state index in [-0.39, 0.29) is 0 Å². The Balaban J connectivity index is 1.34. The number of rotatable bonds is 10. The smallest absolute Gasteiger partial charge is 0.328 e. The number of hydrogen-bond acceptors (Lipinski definition) is 11. The summed E-state index contributed by atoms with van der Waals surface area (Å²) in [6.45, 7) is 7.20. The van der Waals surface area contributed by atoms with Gasteiger partial charge < -0.3 is 10.2 Å². The molecule has 2 heterocycles. The van der Waals surface area contributed by atoms with Gasteiger partial charge in [0.25, 0.3) is 0 Å². The van der Waals surface area contributed by atoms with Gasteiger partial charge >= 0.3 is 23.6 Å². The highest BCUT2D eigenvalue weighted by Crippen LogP contribution is 2.46. The molecule has 0 fully saturated rings. The number of nitrogens with zero attached hydrogens (tertiary/aromatic N) is 8. The number of aliphatic carboxylic acids is 2. The molecule has 0 bridgehead atoms. The predicted octanol–water partition coefficient (Wildman–Crippen LogP) is 8.62. The number of aryl methyl sites for hydroxylation is 2. The molecule has 2 aliphatic rings. The van der Waals surface area contributed by atoms with Crippen molar-refractivity contribution in [1.29, 1.82) is 0 Å². The van der Waals surface area contributed by atoms with E-state index < -0.39 is 35.5 Å². The molecule has 2 atom stereocenters. The van der Waals surface area contributed by atoms with Crippen molar-refractivity contribution in [3.63, 3.8) is 0 Å². The van der Waals surface area contributed by atoms with E-state index in [0.717, 1.165) is 33.4 Å². The minimum Gasteiger partial charge on any atom is -0.481 e. The van der Waals surface area contributed by atoms with Crippen molar-refractivity contribution in [3.8, 4) is 22.3 Å². The summed E-state index contributed by atoms with van der Waals surface area (Å²) in [4.78, 5) is 23.6. The molecule has 2 unspecified atom stereocenters. The van der Waals surface area contributed by atoms with Crippen LogP contribution < -0.4 is 0 Å². The second kappa shape index (κ2) is 12.2. The third-order valence-electron chi connectivity index (χ3n) is 8.32. The Kier molecular flexibility index (Phi) is 8.07. The van der Waals surface area contributed by atoms with Crippen LogP contribution in [0.1, 0.15) is 59.1 Å². The third kappa shape index (κ3) is 5.84. The zero-order valence-electron chi connectivity index (χ0n) is 25.9. The Hall–Kier alpha value is -5.82. The fourth-order valence-corrected chi connectivity index (χ4v) is 5.59. The maximum Gasteiger partial charge on any atom is 0.328 e. The van der Waals surface area contributed by atoms with Gasteiger partial charge in [-0.25, -0.2) is 0 Å². The van der Waals surface area contributed by atoms with E-state index in [9.17, 15) is 19.8 Å². The maximum atomic E-state index is 11.8. The first-order valence-electron chi connectivity index (χ1n) is 14.8. The quantitative estimate of drug-likeness (QED) is 0.177. The van der Waals surface area contributed by atoms with Gasteiger partial charge in [0, 0.05) is 11.1 Å². The Morgan fingerprint density at radius 1 is 0.574 bits per heavy atom. The normalized spacial score (nSPS) is 16.8. The molecule has 0 saturated carbocycles. The lowest BCUT2D eigenvalue weighted by Gasteiger charge is -2.29. The Morgan fingerprint density at radius 3 is 1.23 bits per heavy atom. The van der Waals surface area contributed by atoms with Crippen LogP contribution in [0, 0.1) is 13.8 Å². The molecule has 236 valence electrons. The number of benzene rings is 4. The van der Waals surface area contributed by atoms with Crippen LogP contribution in [-0.2, 0) is 26.0 Å². The van der Waals surface area contributed by atoms with E-state index >= 15 is 0 Å². The monoisotopic (exact) mass is 630 g/mol. The molecule has 13 nitrogen and oxygen atoms in total. The van der Waals surface area contributed by atoms with Crippen molar-refractivity contribution in [1.82, 2.24) is 0 Å². The van der Waals surface area contributed by atoms with Crippen LogP contribution in [0.25, 0.3) is 22.3 Å². The molecule has 47 heavy (non-hydrogen) atoms. The second-order valence-electron chi connectivity index (χ2n) is 11.5. The van der Waals surface area contributed by atoms with Gasteiger partial charge in [-0.2, -0.15) is 0 Å². The largest absolute Gasteiger partial charge is 0.481 e. The van der Waals surface area contributed by atoms with Gasteiger partial charge in [-0.1, -0.05) is 96.1 Å². The minimum absolute atomic E-state index is 0.465. The lowest BCUT2D eigenvalue weighted by Crippen LogP contribution is -2.35. The minimum atomic E-state index is -1.77. The standard InChI is InChI=1S/C34H30N8O5/c1-19-5-15-27(21(3)31(43)44)29(17-19)23-7-11-25(12-8-23)33(35-39-40-36-33)47-34(37-41-42-38-34)26-13-9-24(10-14-26)30-18-20(2)6-16-28(30)22(4)32(45)46/h5-18,21-22H,1-4H3,(H,43,44)(H,45,46). The molecule has 2 aliphatic heterocycles. The summed E-state index contributed by atoms with van der Waals surface area (Å²) in [6, 6.07) is 25.6. The average Bonchev–Trinajstić information content (AvgIpc) is 3.75. The SMILES string of the molecule is Cc1ccc(C(C)C(=O)O)c(-c2ccc(C3(OC4(c5ccc(-c6cc(C)ccc6C(C)C(=O)O)cc5)N=NN=N4)N=NN=N3)cc2)c1. The van der Waals surface area contributed by atoms with Crippen LogP contribution in [-0.4, -0.2) is 22.2 Å². The second-order valence-corrected chi connectivity index (χ2v) is 11.5. The topological polar surface area (TPSA) is 183 Å². The maximum absolute atomic E-state index is 11.8. The van der Waals surface area contributed by atoms with E-state index in [2.05, 4.69) is 41.4 Å². The average molecular weight is 631 g/mol. The summed E-state index contributed by atoms with van der Waals surface area (Å²) in [5.41, 5.74) is 7.45. The molecule has 0 saturated heterocycles. The molecule has 0 aliphatic carbocycles. The van der Waals surface area contributed by atoms with Crippen LogP contribution in [0.4, 0.5) is 0 Å². The Bertz CT molecular complexity index is 1820. The molecule has 4 aromatic rings. The van der Waals surface area contributed by atoms with Gasteiger partial charge in [0.15, 0.2) is 0 Å². The van der Waals surface area contributed by atoms with Crippen LogP contribution >= 0.6 is 0 Å². The highest BCUT2D eigenvalue weighted by Gasteiger charge is 2.50. The fraction of sp³-hybridized carbons (Fsp3) is 0.235. The highest BCUT2D eigenvalue weighted by molar-refractivity contribution is 5.82. The molecular formula is C34H30N8O5. The molecule has 13 heteroatoms. The first-order chi connectivity index (χ1) is 22.5. The summed E-state index contributed by atoms with van der Waals surface area (Å²) in [6.07, 6.45) is 0. The lowest BCUT2D eigenvalue weighted by molar-refractivity contribution is -0.156. The van der Waals surface area contributed by atoms with Crippen molar-refractivity contribution >= 4 is 11.9 Å².